The Bertz CT molecular complexity index is 626. The maximum Gasteiger partial charge on any atom is 0.123 e. The van der Waals surface area contributed by atoms with E-state index in [9.17, 15) is 4.39 Å². The van der Waals surface area contributed by atoms with Gasteiger partial charge in [0.25, 0.3) is 0 Å². The molecule has 1 aliphatic carbocycles. The van der Waals surface area contributed by atoms with Gasteiger partial charge in [-0.25, -0.2) is 4.39 Å². The fourth-order valence-corrected chi connectivity index (χ4v) is 3.30. The van der Waals surface area contributed by atoms with Gasteiger partial charge >= 0.3 is 0 Å². The van der Waals surface area contributed by atoms with Gasteiger partial charge in [0, 0.05) is 11.1 Å². The van der Waals surface area contributed by atoms with E-state index < -0.39 is 0 Å². The first-order chi connectivity index (χ1) is 9.65. The monoisotopic (exact) mass is 289 g/mol. The SMILES string of the molecule is NC(c1cc(F)ccc1Cl)C1CCc2ccccc2C1. The van der Waals surface area contributed by atoms with E-state index in [1.54, 1.807) is 6.07 Å². The average molecular weight is 290 g/mol. The summed E-state index contributed by atoms with van der Waals surface area (Å²) in [6, 6.07) is 12.7. The molecule has 2 aromatic rings. The lowest BCUT2D eigenvalue weighted by Gasteiger charge is -2.30. The van der Waals surface area contributed by atoms with Crippen LogP contribution in [-0.2, 0) is 12.8 Å². The summed E-state index contributed by atoms with van der Waals surface area (Å²) in [4.78, 5) is 0. The number of benzene rings is 2. The minimum Gasteiger partial charge on any atom is -0.324 e. The van der Waals surface area contributed by atoms with Crippen LogP contribution in [0.4, 0.5) is 4.39 Å². The third-order valence-corrected chi connectivity index (χ3v) is 4.55. The lowest BCUT2D eigenvalue weighted by Crippen LogP contribution is -2.27. The lowest BCUT2D eigenvalue weighted by molar-refractivity contribution is 0.381. The number of fused-ring (bicyclic) bond motifs is 1. The molecule has 20 heavy (non-hydrogen) atoms. The van der Waals surface area contributed by atoms with E-state index in [4.69, 9.17) is 17.3 Å². The van der Waals surface area contributed by atoms with Crippen LogP contribution < -0.4 is 5.73 Å². The third-order valence-electron chi connectivity index (χ3n) is 4.21. The van der Waals surface area contributed by atoms with Gasteiger partial charge in [0.2, 0.25) is 0 Å². The van der Waals surface area contributed by atoms with Crippen molar-refractivity contribution < 1.29 is 4.39 Å². The van der Waals surface area contributed by atoms with Crippen LogP contribution in [0.5, 0.6) is 0 Å². The van der Waals surface area contributed by atoms with Gasteiger partial charge in [0.15, 0.2) is 0 Å². The topological polar surface area (TPSA) is 26.0 Å². The molecule has 1 aliphatic rings. The Morgan fingerprint density at radius 1 is 1.15 bits per heavy atom. The molecule has 2 N–H and O–H groups in total. The van der Waals surface area contributed by atoms with E-state index in [0.717, 1.165) is 24.8 Å². The first-order valence-corrected chi connectivity index (χ1v) is 7.30. The molecule has 0 spiro atoms. The maximum absolute atomic E-state index is 13.4. The first-order valence-electron chi connectivity index (χ1n) is 6.92. The molecule has 0 saturated heterocycles. The molecule has 2 aromatic carbocycles. The summed E-state index contributed by atoms with van der Waals surface area (Å²) in [5.74, 6) is 0.0280. The number of nitrogens with two attached hydrogens (primary N) is 1. The highest BCUT2D eigenvalue weighted by Crippen LogP contribution is 2.35. The highest BCUT2D eigenvalue weighted by Gasteiger charge is 2.26. The van der Waals surface area contributed by atoms with E-state index in [2.05, 4.69) is 24.3 Å². The predicted octanol–water partition coefficient (Wildman–Crippen LogP) is 4.28. The van der Waals surface area contributed by atoms with Crippen LogP contribution in [0.2, 0.25) is 5.02 Å². The molecule has 2 unspecified atom stereocenters. The standard InChI is InChI=1S/C17H17ClFN/c18-16-8-7-14(19)10-15(16)17(20)13-6-5-11-3-1-2-4-12(11)9-13/h1-4,7-8,10,13,17H,5-6,9,20H2. The molecule has 3 heteroatoms. The van der Waals surface area contributed by atoms with Crippen LogP contribution in [0.1, 0.15) is 29.2 Å². The zero-order valence-corrected chi connectivity index (χ0v) is 11.9. The van der Waals surface area contributed by atoms with Gasteiger partial charge in [-0.3, -0.25) is 0 Å². The molecule has 104 valence electrons. The van der Waals surface area contributed by atoms with Crippen molar-refractivity contribution in [2.45, 2.75) is 25.3 Å². The molecule has 0 saturated carbocycles. The van der Waals surface area contributed by atoms with E-state index in [1.807, 2.05) is 0 Å². The molecule has 0 fully saturated rings. The van der Waals surface area contributed by atoms with Gasteiger partial charge in [-0.05, 0) is 60.1 Å². The van der Waals surface area contributed by atoms with Gasteiger partial charge in [0.1, 0.15) is 5.82 Å². The summed E-state index contributed by atoms with van der Waals surface area (Å²) in [7, 11) is 0. The summed E-state index contributed by atoms with van der Waals surface area (Å²) in [5.41, 5.74) is 9.82. The van der Waals surface area contributed by atoms with Gasteiger partial charge in [-0.2, -0.15) is 0 Å². The Hall–Kier alpha value is -1.38. The molecule has 1 nitrogen and oxygen atoms in total. The maximum atomic E-state index is 13.4. The van der Waals surface area contributed by atoms with Crippen LogP contribution in [0.25, 0.3) is 0 Å². The van der Waals surface area contributed by atoms with Gasteiger partial charge < -0.3 is 5.73 Å². The molecule has 0 radical (unpaired) electrons. The normalized spacial score (nSPS) is 19.4. The summed E-state index contributed by atoms with van der Waals surface area (Å²) >= 11 is 6.16. The van der Waals surface area contributed by atoms with Crippen molar-refractivity contribution in [1.82, 2.24) is 0 Å². The quantitative estimate of drug-likeness (QED) is 0.877. The summed E-state index contributed by atoms with van der Waals surface area (Å²) in [6.45, 7) is 0. The summed E-state index contributed by atoms with van der Waals surface area (Å²) < 4.78 is 13.4. The smallest absolute Gasteiger partial charge is 0.123 e. The number of hydrogen-bond acceptors (Lipinski definition) is 1. The second kappa shape index (κ2) is 5.55. The van der Waals surface area contributed by atoms with Crippen LogP contribution in [0.15, 0.2) is 42.5 Å². The van der Waals surface area contributed by atoms with Gasteiger partial charge in [0.05, 0.1) is 0 Å². The fraction of sp³-hybridized carbons (Fsp3) is 0.294. The average Bonchev–Trinajstić information content (AvgIpc) is 2.48. The van der Waals surface area contributed by atoms with E-state index in [0.29, 0.717) is 10.9 Å². The van der Waals surface area contributed by atoms with Crippen molar-refractivity contribution in [3.8, 4) is 0 Å². The van der Waals surface area contributed by atoms with Crippen molar-refractivity contribution in [2.24, 2.45) is 11.7 Å². The van der Waals surface area contributed by atoms with E-state index >= 15 is 0 Å². The van der Waals surface area contributed by atoms with Crippen LogP contribution in [0.3, 0.4) is 0 Å². The second-order valence-electron chi connectivity index (χ2n) is 5.46. The third kappa shape index (κ3) is 2.58. The van der Waals surface area contributed by atoms with E-state index in [-0.39, 0.29) is 11.9 Å². The zero-order valence-electron chi connectivity index (χ0n) is 11.2. The van der Waals surface area contributed by atoms with E-state index in [1.165, 1.54) is 23.3 Å². The van der Waals surface area contributed by atoms with Crippen molar-refractivity contribution in [1.29, 1.82) is 0 Å². The largest absolute Gasteiger partial charge is 0.324 e. The minimum absolute atomic E-state index is 0.216. The minimum atomic E-state index is -0.281. The fourth-order valence-electron chi connectivity index (χ4n) is 3.06. The molecule has 0 aromatic heterocycles. The van der Waals surface area contributed by atoms with Crippen molar-refractivity contribution in [3.63, 3.8) is 0 Å². The Balaban J connectivity index is 1.85. The van der Waals surface area contributed by atoms with Crippen molar-refractivity contribution >= 4 is 11.6 Å². The van der Waals surface area contributed by atoms with Crippen LogP contribution in [0, 0.1) is 11.7 Å². The molecule has 0 aliphatic heterocycles. The number of rotatable bonds is 2. The lowest BCUT2D eigenvalue weighted by atomic mass is 9.78. The Morgan fingerprint density at radius 3 is 2.70 bits per heavy atom. The number of hydrogen-bond donors (Lipinski definition) is 1. The zero-order chi connectivity index (χ0) is 14.1. The molecule has 0 amide bonds. The predicted molar refractivity (Wildman–Crippen MR) is 80.3 cm³/mol. The molecule has 3 rings (SSSR count). The van der Waals surface area contributed by atoms with Crippen molar-refractivity contribution in [2.75, 3.05) is 0 Å². The molecular formula is C17H17ClFN. The first kappa shape index (κ1) is 13.6. The van der Waals surface area contributed by atoms with Crippen molar-refractivity contribution in [3.05, 3.63) is 70.0 Å². The van der Waals surface area contributed by atoms with Crippen LogP contribution in [-0.4, -0.2) is 0 Å². The Morgan fingerprint density at radius 2 is 1.90 bits per heavy atom. The highest BCUT2D eigenvalue weighted by molar-refractivity contribution is 6.31. The second-order valence-corrected chi connectivity index (χ2v) is 5.87. The molecule has 2 atom stereocenters. The summed E-state index contributed by atoms with van der Waals surface area (Å²) in [5, 5.41) is 0.553. The summed E-state index contributed by atoms with van der Waals surface area (Å²) in [6.07, 6.45) is 2.98. The molecular weight excluding hydrogens is 273 g/mol. The highest BCUT2D eigenvalue weighted by atomic mass is 35.5. The molecule has 0 heterocycles. The van der Waals surface area contributed by atoms with Crippen LogP contribution >= 0.6 is 11.6 Å². The number of halogens is 2. The van der Waals surface area contributed by atoms with Gasteiger partial charge in [-0.1, -0.05) is 35.9 Å². The molecule has 0 bridgehead atoms. The number of aryl methyl sites for hydroxylation is 1. The Kier molecular flexibility index (Phi) is 3.77. The Labute approximate surface area is 123 Å². The van der Waals surface area contributed by atoms with Gasteiger partial charge in [-0.15, -0.1) is 0 Å².